The molecule has 14 nitrogen and oxygen atoms in total. The summed E-state index contributed by atoms with van der Waals surface area (Å²) in [7, 11) is 1.60. The zero-order chi connectivity index (χ0) is 38.5. The molecule has 1 fully saturated rings. The lowest BCUT2D eigenvalue weighted by molar-refractivity contribution is -0.124. The van der Waals surface area contributed by atoms with Crippen LogP contribution in [0.2, 0.25) is 0 Å². The van der Waals surface area contributed by atoms with E-state index in [-0.39, 0.29) is 31.5 Å². The number of hydrogen-bond donors (Lipinski definition) is 5. The number of aromatic nitrogens is 2. The summed E-state index contributed by atoms with van der Waals surface area (Å²) in [5.41, 5.74) is 4.40. The van der Waals surface area contributed by atoms with Crippen molar-refractivity contribution < 1.29 is 28.7 Å². The van der Waals surface area contributed by atoms with Crippen molar-refractivity contribution in [3.05, 3.63) is 104 Å². The number of hydrogen-bond acceptors (Lipinski definition) is 10. The summed E-state index contributed by atoms with van der Waals surface area (Å²) < 4.78 is 5.48. The van der Waals surface area contributed by atoms with Crippen LogP contribution in [0.4, 0.5) is 14.4 Å². The van der Waals surface area contributed by atoms with Crippen LogP contribution in [0.25, 0.3) is 0 Å². The van der Waals surface area contributed by atoms with Gasteiger partial charge >= 0.3 is 18.2 Å². The van der Waals surface area contributed by atoms with Crippen LogP contribution >= 0.6 is 22.7 Å². The molecule has 1 saturated heterocycles. The van der Waals surface area contributed by atoms with Gasteiger partial charge in [0.1, 0.15) is 18.7 Å². The van der Waals surface area contributed by atoms with Crippen LogP contribution in [0.15, 0.2) is 77.8 Å². The highest BCUT2D eigenvalue weighted by atomic mass is 32.1. The molecule has 0 saturated carbocycles. The first-order valence-corrected chi connectivity index (χ1v) is 19.5. The van der Waals surface area contributed by atoms with Crippen molar-refractivity contribution in [2.24, 2.45) is 0 Å². The van der Waals surface area contributed by atoms with Crippen LogP contribution in [-0.4, -0.2) is 76.1 Å². The van der Waals surface area contributed by atoms with Crippen LogP contribution in [0, 0.1) is 0 Å². The van der Waals surface area contributed by atoms with Gasteiger partial charge in [-0.25, -0.2) is 19.4 Å². The second-order valence-electron chi connectivity index (χ2n) is 13.5. The molecule has 4 unspecified atom stereocenters. The van der Waals surface area contributed by atoms with Crippen LogP contribution < -0.4 is 26.6 Å². The maximum atomic E-state index is 14.1. The fourth-order valence-electron chi connectivity index (χ4n) is 5.94. The number of benzene rings is 2. The van der Waals surface area contributed by atoms with Gasteiger partial charge in [-0.2, -0.15) is 0 Å². The normalized spacial score (nSPS) is 15.4. The van der Waals surface area contributed by atoms with Gasteiger partial charge in [0.2, 0.25) is 5.91 Å². The van der Waals surface area contributed by atoms with Crippen molar-refractivity contribution in [3.63, 3.8) is 0 Å². The molecule has 4 aromatic rings. The molecule has 286 valence electrons. The average Bonchev–Trinajstić information content (AvgIpc) is 3.92. The Hall–Kier alpha value is -5.35. The number of rotatable bonds is 18. The van der Waals surface area contributed by atoms with Crippen LogP contribution in [0.5, 0.6) is 0 Å². The summed E-state index contributed by atoms with van der Waals surface area (Å²) >= 11 is 2.92. The Bertz CT molecular complexity index is 1840. The monoisotopic (exact) mass is 774 g/mol. The maximum Gasteiger partial charge on any atom is 0.407 e. The highest BCUT2D eigenvalue weighted by Gasteiger charge is 2.36. The van der Waals surface area contributed by atoms with Crippen molar-refractivity contribution >= 4 is 52.6 Å². The Morgan fingerprint density at radius 1 is 0.907 bits per heavy atom. The Balaban J connectivity index is 1.30. The maximum absolute atomic E-state index is 14.1. The third kappa shape index (κ3) is 12.4. The lowest BCUT2D eigenvalue weighted by atomic mass is 9.95. The van der Waals surface area contributed by atoms with E-state index in [1.165, 1.54) is 27.6 Å². The predicted molar refractivity (Wildman–Crippen MR) is 206 cm³/mol. The third-order valence-electron chi connectivity index (χ3n) is 8.76. The third-order valence-corrected chi connectivity index (χ3v) is 10.7. The lowest BCUT2D eigenvalue weighted by Crippen LogP contribution is -2.55. The molecule has 0 radical (unpaired) electrons. The SMILES string of the molecule is CC(C)c1nc(CN(C)C(=O)NC(CC2NC(=O)NC2=O)C(=O)NC(CCC(Cc2ccccc2)NC(=O)OCc2cncs2)Cc2ccccc2)cs1. The van der Waals surface area contributed by atoms with E-state index in [1.807, 2.05) is 79.9 Å². The second kappa shape index (κ2) is 19.6. The number of thiazole rings is 2. The van der Waals surface area contributed by atoms with Gasteiger partial charge in [-0.05, 0) is 36.8 Å². The fourth-order valence-corrected chi connectivity index (χ4v) is 7.27. The van der Waals surface area contributed by atoms with E-state index in [4.69, 9.17) is 4.74 Å². The molecule has 16 heteroatoms. The van der Waals surface area contributed by atoms with Gasteiger partial charge in [-0.3, -0.25) is 19.9 Å². The number of urea groups is 2. The van der Waals surface area contributed by atoms with E-state index < -0.39 is 48.1 Å². The smallest absolute Gasteiger partial charge is 0.407 e. The molecule has 5 N–H and O–H groups in total. The molecule has 54 heavy (non-hydrogen) atoms. The Labute approximate surface area is 322 Å². The molecule has 0 spiro atoms. The van der Waals surface area contributed by atoms with Gasteiger partial charge in [0.15, 0.2) is 0 Å². The van der Waals surface area contributed by atoms with E-state index >= 15 is 0 Å². The molecule has 2 aromatic heterocycles. The molecule has 0 bridgehead atoms. The molecule has 0 aliphatic carbocycles. The van der Waals surface area contributed by atoms with E-state index in [0.717, 1.165) is 26.7 Å². The predicted octanol–water partition coefficient (Wildman–Crippen LogP) is 4.88. The number of imide groups is 1. The topological polar surface area (TPSA) is 184 Å². The van der Waals surface area contributed by atoms with Crippen LogP contribution in [-0.2, 0) is 40.3 Å². The molecule has 1 aliphatic heterocycles. The number of carbonyl (C=O) groups excluding carboxylic acids is 5. The van der Waals surface area contributed by atoms with Crippen molar-refractivity contribution in [2.75, 3.05) is 7.05 Å². The van der Waals surface area contributed by atoms with Gasteiger partial charge in [-0.1, -0.05) is 74.5 Å². The summed E-state index contributed by atoms with van der Waals surface area (Å²) in [4.78, 5) is 75.9. The van der Waals surface area contributed by atoms with E-state index in [1.54, 1.807) is 18.8 Å². The van der Waals surface area contributed by atoms with E-state index in [2.05, 4.69) is 36.6 Å². The van der Waals surface area contributed by atoms with E-state index in [9.17, 15) is 24.0 Å². The largest absolute Gasteiger partial charge is 0.444 e. The van der Waals surface area contributed by atoms with Crippen LogP contribution in [0.1, 0.15) is 65.7 Å². The summed E-state index contributed by atoms with van der Waals surface area (Å²) in [6.45, 7) is 4.41. The minimum absolute atomic E-state index is 0.103. The number of carbonyl (C=O) groups is 5. The van der Waals surface area contributed by atoms with Gasteiger partial charge in [0, 0.05) is 43.0 Å². The number of ether oxygens (including phenoxy) is 1. The van der Waals surface area contributed by atoms with Crippen molar-refractivity contribution in [1.82, 2.24) is 41.5 Å². The summed E-state index contributed by atoms with van der Waals surface area (Å²) in [6, 6.07) is 15.3. The molecule has 2 aromatic carbocycles. The zero-order valence-corrected chi connectivity index (χ0v) is 32.1. The molecule has 4 atom stereocenters. The van der Waals surface area contributed by atoms with Crippen molar-refractivity contribution in [2.45, 2.75) is 89.2 Å². The Morgan fingerprint density at radius 3 is 2.11 bits per heavy atom. The number of alkyl carbamates (subject to hydrolysis) is 1. The standard InChI is InChI=1S/C38H46N8O6S2/c1-24(2)35-41-29(22-53-35)20-46(3)37(50)44-32(18-31-34(48)45-36(49)43-31)33(47)40-27(16-25-10-6-4-7-11-25)14-15-28(17-26-12-8-5-9-13-26)42-38(51)52-21-30-19-39-23-54-30/h4-13,19,22-24,27-28,31-32H,14-18,20-21H2,1-3H3,(H,40,47)(H,42,51)(H,44,50)(H2,43,45,48,49). The van der Waals surface area contributed by atoms with Gasteiger partial charge in [0.25, 0.3) is 5.91 Å². The van der Waals surface area contributed by atoms with Gasteiger partial charge < -0.3 is 30.9 Å². The molecule has 5 rings (SSSR count). The first kappa shape index (κ1) is 39.8. The molecular formula is C38H46N8O6S2. The summed E-state index contributed by atoms with van der Waals surface area (Å²) in [5, 5.41) is 16.5. The fraction of sp³-hybridized carbons (Fsp3) is 0.395. The van der Waals surface area contributed by atoms with Gasteiger partial charge in [0.05, 0.1) is 27.6 Å². The number of nitrogens with one attached hydrogen (secondary N) is 5. The number of amides is 7. The quantitative estimate of drug-likeness (QED) is 0.0887. The van der Waals surface area contributed by atoms with Crippen molar-refractivity contribution in [1.29, 1.82) is 0 Å². The zero-order valence-electron chi connectivity index (χ0n) is 30.4. The van der Waals surface area contributed by atoms with E-state index in [0.29, 0.717) is 25.7 Å². The second-order valence-corrected chi connectivity index (χ2v) is 15.3. The Kier molecular flexibility index (Phi) is 14.5. The minimum Gasteiger partial charge on any atom is -0.444 e. The first-order chi connectivity index (χ1) is 26.0. The average molecular weight is 775 g/mol. The molecular weight excluding hydrogens is 729 g/mol. The summed E-state index contributed by atoms with van der Waals surface area (Å²) in [6.07, 6.45) is 2.85. The van der Waals surface area contributed by atoms with Gasteiger partial charge in [-0.15, -0.1) is 22.7 Å². The highest BCUT2D eigenvalue weighted by Crippen LogP contribution is 2.20. The molecule has 3 heterocycles. The van der Waals surface area contributed by atoms with Crippen molar-refractivity contribution in [3.8, 4) is 0 Å². The molecule has 7 amide bonds. The highest BCUT2D eigenvalue weighted by molar-refractivity contribution is 7.09. The minimum atomic E-state index is -1.17. The number of nitrogens with zero attached hydrogens (tertiary/aromatic N) is 3. The van der Waals surface area contributed by atoms with Crippen LogP contribution in [0.3, 0.4) is 0 Å². The summed E-state index contributed by atoms with van der Waals surface area (Å²) in [5.74, 6) is -0.846. The Morgan fingerprint density at radius 2 is 1.56 bits per heavy atom. The lowest BCUT2D eigenvalue weighted by Gasteiger charge is -2.28. The molecule has 1 aliphatic rings. The first-order valence-electron chi connectivity index (χ1n) is 17.8.